The molecule has 24 nitrogen and oxygen atoms in total. The summed E-state index contributed by atoms with van der Waals surface area (Å²) < 4.78 is 58.9. The molecular weight excluding hydrogens is 1310 g/mol. The highest BCUT2D eigenvalue weighted by Gasteiger charge is 2.38. The standard InChI is InChI=1S/C20H14N5.2C15H12N5.C14H9N4O.C14H9N4S/c1-2-4-15(5-3-1)25-18-11-22-9-7-17(18)24-13-23-12-14-6-8-21-10-16(14)19(23)20(24)25;2*1-18-13-7-17-5-3-12(13)20-9-19-8-10-2-4-16-6-11(10)14(19)15(18)20;2*1-3-15-5-10-9(1)7-17-8-18-11-2-4-16-6-12(11)19-14(18)13(10)17/h1-11,13H,12H2;2*2-7,9H,8H2,1H3;2*1-6,8H,7H2/q5*+1/i;1D3;;;. The minimum absolute atomic E-state index is 0.600. The van der Waals surface area contributed by atoms with Gasteiger partial charge in [0.1, 0.15) is 49.3 Å². The number of benzene rings is 1. The van der Waals surface area contributed by atoms with Crippen molar-refractivity contribution in [1.29, 1.82) is 0 Å². The van der Waals surface area contributed by atoms with Crippen molar-refractivity contribution in [2.24, 2.45) is 14.0 Å². The van der Waals surface area contributed by atoms with Gasteiger partial charge in [0.05, 0.1) is 57.3 Å². The number of thiazole rings is 1. The zero-order valence-corrected chi connectivity index (χ0v) is 55.5. The molecule has 0 amide bonds. The van der Waals surface area contributed by atoms with Gasteiger partial charge in [-0.25, -0.2) is 22.8 Å². The zero-order chi connectivity index (χ0) is 70.2. The van der Waals surface area contributed by atoms with Gasteiger partial charge in [0, 0.05) is 181 Å². The number of aryl methyl sites for hydroxylation is 2. The van der Waals surface area contributed by atoms with E-state index >= 15 is 0 Å². The molecule has 0 fully saturated rings. The van der Waals surface area contributed by atoms with Gasteiger partial charge in [-0.1, -0.05) is 29.5 Å². The van der Waals surface area contributed by atoms with Crippen LogP contribution in [0, 0.1) is 0 Å². The molecule has 103 heavy (non-hydrogen) atoms. The Bertz CT molecular complexity index is 7090. The van der Waals surface area contributed by atoms with Crippen molar-refractivity contribution >= 4 is 93.2 Å². The predicted octanol–water partition coefficient (Wildman–Crippen LogP) is 10.1. The second kappa shape index (κ2) is 21.8. The van der Waals surface area contributed by atoms with Crippen molar-refractivity contribution in [3.05, 3.63) is 274 Å². The van der Waals surface area contributed by atoms with Crippen molar-refractivity contribution < 1.29 is 31.4 Å². The van der Waals surface area contributed by atoms with Crippen molar-refractivity contribution in [2.75, 3.05) is 0 Å². The fraction of sp³-hybridized carbons (Fsp3) is 0.0897. The molecule has 26 rings (SSSR count). The number of hydrogen-bond donors (Lipinski definition) is 0. The quantitative estimate of drug-likeness (QED) is 0.142. The maximum absolute atomic E-state index is 7.97. The normalized spacial score (nSPS) is 13.5. The van der Waals surface area contributed by atoms with E-state index < -0.39 is 6.98 Å². The average molecular weight is 1370 g/mol. The second-order valence-corrected chi connectivity index (χ2v) is 27.1. The summed E-state index contributed by atoms with van der Waals surface area (Å²) in [4.78, 5) is 43.6. The van der Waals surface area contributed by atoms with Gasteiger partial charge in [0.15, 0.2) is 38.9 Å². The molecule has 0 radical (unpaired) electrons. The lowest BCUT2D eigenvalue weighted by Crippen LogP contribution is -2.29. The summed E-state index contributed by atoms with van der Waals surface area (Å²) in [7, 11) is 2.09. The molecule has 0 atom stereocenters. The minimum atomic E-state index is -2.29. The van der Waals surface area contributed by atoms with Crippen LogP contribution >= 0.6 is 11.3 Å². The molecule has 25 heteroatoms. The van der Waals surface area contributed by atoms with Gasteiger partial charge in [0.2, 0.25) is 27.6 Å². The number of fused-ring (bicyclic) bond motifs is 35. The first kappa shape index (κ1) is 54.1. The fourth-order valence-electron chi connectivity index (χ4n) is 16.1. The number of imidazole rings is 8. The summed E-state index contributed by atoms with van der Waals surface area (Å²) >= 11 is 1.79. The first-order chi connectivity index (χ1) is 52.1. The van der Waals surface area contributed by atoms with E-state index in [0.29, 0.717) is 11.2 Å². The first-order valence-corrected chi connectivity index (χ1v) is 34.3. The lowest BCUT2D eigenvalue weighted by Gasteiger charge is -2.04. The summed E-state index contributed by atoms with van der Waals surface area (Å²) in [5.74, 6) is 0. The predicted molar refractivity (Wildman–Crippen MR) is 384 cm³/mol. The van der Waals surface area contributed by atoms with Crippen LogP contribution in [0.25, 0.3) is 144 Å². The molecule has 0 saturated carbocycles. The molecule has 490 valence electrons. The van der Waals surface area contributed by atoms with Crippen LogP contribution < -0.4 is 22.8 Å². The van der Waals surface area contributed by atoms with Crippen LogP contribution in [0.3, 0.4) is 0 Å². The number of aromatic nitrogens is 23. The van der Waals surface area contributed by atoms with Gasteiger partial charge < -0.3 is 13.6 Å². The molecule has 25 heterocycles. The van der Waals surface area contributed by atoms with Gasteiger partial charge in [-0.3, -0.25) is 54.4 Å². The Balaban J connectivity index is 0.0000000830. The van der Waals surface area contributed by atoms with E-state index in [1.165, 1.54) is 86.8 Å². The topological polar surface area (TPSA) is 198 Å². The molecule has 21 aromatic rings. The average Bonchev–Trinajstić information content (AvgIpc) is 1.59. The van der Waals surface area contributed by atoms with E-state index in [9.17, 15) is 0 Å². The largest absolute Gasteiger partial charge is 0.413 e. The van der Waals surface area contributed by atoms with Crippen LogP contribution in [0.5, 0.6) is 0 Å². The van der Waals surface area contributed by atoms with E-state index in [1.807, 2.05) is 122 Å². The molecule has 0 saturated heterocycles. The second-order valence-electron chi connectivity index (χ2n) is 26.1. The number of para-hydroxylation sites is 1. The lowest BCUT2D eigenvalue weighted by atomic mass is 10.1. The Morgan fingerprint density at radius 2 is 0.738 bits per heavy atom. The maximum Gasteiger partial charge on any atom is 0.344 e. The molecule has 1 aromatic carbocycles. The molecule has 0 spiro atoms. The molecular formula is C78H56N23OS+5. The van der Waals surface area contributed by atoms with Crippen molar-refractivity contribution in [1.82, 2.24) is 85.5 Å². The van der Waals surface area contributed by atoms with E-state index in [0.717, 1.165) is 111 Å². The molecule has 5 aliphatic rings. The van der Waals surface area contributed by atoms with Crippen LogP contribution in [-0.2, 0) is 46.7 Å². The minimum Gasteiger partial charge on any atom is -0.413 e. The summed E-state index contributed by atoms with van der Waals surface area (Å²) in [6.07, 6.45) is 47.5. The summed E-state index contributed by atoms with van der Waals surface area (Å²) in [5.41, 5.74) is 32.1. The first-order valence-electron chi connectivity index (χ1n) is 35.0. The van der Waals surface area contributed by atoms with Gasteiger partial charge in [-0.05, 0) is 42.5 Å². The SMILES string of the molecule is Cn1c2cnccc2n2c[n+]3c(c12)-c1cnccc1C3.[2H]C([2H])([2H])n1c2cnccc2n2c[n+]3c(c12)-c1cnccc1C3.c1cc2c(cn1)-c1c3oc4cnccc4n3c[n+]1C2.c1cc2c(cn1)-c1c3sc4cnccc4n3c[n+]1C2.c1ccc(-n2c3cnccc3n3c[n+]4c(c23)-c2cnccc2C4)cc1. The Labute approximate surface area is 590 Å². The third-order valence-electron chi connectivity index (χ3n) is 20.6. The summed E-state index contributed by atoms with van der Waals surface area (Å²) in [5, 5.41) is 0. The lowest BCUT2D eigenvalue weighted by molar-refractivity contribution is -0.671. The zero-order valence-electron chi connectivity index (χ0n) is 57.7. The molecule has 0 aliphatic carbocycles. The number of pyridine rings is 10. The molecule has 0 bridgehead atoms. The van der Waals surface area contributed by atoms with E-state index in [1.54, 1.807) is 48.5 Å². The van der Waals surface area contributed by atoms with Crippen LogP contribution in [0.2, 0.25) is 0 Å². The van der Waals surface area contributed by atoms with Crippen LogP contribution in [0.15, 0.2) is 251 Å². The van der Waals surface area contributed by atoms with Gasteiger partial charge >= 0.3 is 5.71 Å². The monoisotopic (exact) mass is 1370 g/mol. The summed E-state index contributed by atoms with van der Waals surface area (Å²) in [6.45, 7) is 2.05. The highest BCUT2D eigenvalue weighted by atomic mass is 32.1. The smallest absolute Gasteiger partial charge is 0.344 e. The number of oxazole rings is 1. The molecule has 0 N–H and O–H groups in total. The number of nitrogens with zero attached hydrogens (tertiary/aromatic N) is 23. The number of rotatable bonds is 1. The van der Waals surface area contributed by atoms with Crippen molar-refractivity contribution in [3.63, 3.8) is 0 Å². The number of hydrogen-bond acceptors (Lipinski definition) is 12. The van der Waals surface area contributed by atoms with Crippen LogP contribution in [-0.4, -0.2) is 85.5 Å². The summed E-state index contributed by atoms with van der Waals surface area (Å²) in [6, 6.07) is 30.8. The highest BCUT2D eigenvalue weighted by molar-refractivity contribution is 7.24. The van der Waals surface area contributed by atoms with E-state index in [2.05, 4.69) is 198 Å². The molecule has 5 aliphatic heterocycles. The van der Waals surface area contributed by atoms with Crippen LogP contribution in [0.4, 0.5) is 0 Å². The molecule has 20 aromatic heterocycles. The fourth-order valence-corrected chi connectivity index (χ4v) is 17.2. The van der Waals surface area contributed by atoms with E-state index in [4.69, 9.17) is 8.53 Å². The van der Waals surface area contributed by atoms with E-state index in [-0.39, 0.29) is 0 Å². The van der Waals surface area contributed by atoms with Crippen molar-refractivity contribution in [3.8, 4) is 62.0 Å². The third kappa shape index (κ3) is 8.35. The Morgan fingerprint density at radius 3 is 1.29 bits per heavy atom. The Hall–Kier alpha value is -13.8. The van der Waals surface area contributed by atoms with Gasteiger partial charge in [-0.15, -0.1) is 0 Å². The van der Waals surface area contributed by atoms with Gasteiger partial charge in [-0.2, -0.15) is 22.0 Å². The highest BCUT2D eigenvalue weighted by Crippen LogP contribution is 2.40. The Kier molecular flexibility index (Phi) is 11.5. The van der Waals surface area contributed by atoms with Gasteiger partial charge in [0.25, 0.3) is 48.6 Å². The van der Waals surface area contributed by atoms with Crippen LogP contribution in [0.1, 0.15) is 31.9 Å². The maximum atomic E-state index is 7.97. The third-order valence-corrected chi connectivity index (χ3v) is 21.7. The van der Waals surface area contributed by atoms with Crippen molar-refractivity contribution in [2.45, 2.75) is 32.7 Å². The Morgan fingerprint density at radius 1 is 0.350 bits per heavy atom. The molecule has 0 unspecified atom stereocenters.